The van der Waals surface area contributed by atoms with Crippen LogP contribution in [0.4, 0.5) is 0 Å². The molecule has 0 aliphatic heterocycles. The third kappa shape index (κ3) is 1.95. The van der Waals surface area contributed by atoms with Crippen LogP contribution in [-0.2, 0) is 6.54 Å². The predicted molar refractivity (Wildman–Crippen MR) is 59.5 cm³/mol. The first-order chi connectivity index (χ1) is 7.68. The van der Waals surface area contributed by atoms with Gasteiger partial charge in [-0.1, -0.05) is 30.3 Å². The third-order valence-corrected chi connectivity index (χ3v) is 2.46. The van der Waals surface area contributed by atoms with Gasteiger partial charge >= 0.3 is 5.97 Å². The molecule has 0 unspecified atom stereocenters. The topological polar surface area (TPSA) is 55.1 Å². The Labute approximate surface area is 93.2 Å². The normalized spacial score (nSPS) is 10.3. The molecule has 2 rings (SSSR count). The summed E-state index contributed by atoms with van der Waals surface area (Å²) < 4.78 is 1.69. The first-order valence-electron chi connectivity index (χ1n) is 4.98. The summed E-state index contributed by atoms with van der Waals surface area (Å²) >= 11 is 0. The van der Waals surface area contributed by atoms with Gasteiger partial charge in [-0.3, -0.25) is 0 Å². The van der Waals surface area contributed by atoms with Crippen LogP contribution in [0.1, 0.15) is 21.9 Å². The highest BCUT2D eigenvalue weighted by atomic mass is 16.4. The summed E-state index contributed by atoms with van der Waals surface area (Å²) in [6.45, 7) is 2.34. The van der Waals surface area contributed by atoms with E-state index in [0.29, 0.717) is 12.4 Å². The smallest absolute Gasteiger partial charge is 0.354 e. The fraction of sp³-hybridized carbons (Fsp3) is 0.167. The molecule has 0 spiro atoms. The maximum absolute atomic E-state index is 11.0. The van der Waals surface area contributed by atoms with Gasteiger partial charge in [0.25, 0.3) is 0 Å². The molecule has 0 saturated heterocycles. The number of aromatic nitrogens is 2. The third-order valence-electron chi connectivity index (χ3n) is 2.46. The molecule has 0 bridgehead atoms. The van der Waals surface area contributed by atoms with E-state index in [2.05, 4.69) is 4.98 Å². The lowest BCUT2D eigenvalue weighted by atomic mass is 10.2. The highest BCUT2D eigenvalue weighted by Gasteiger charge is 2.12. The lowest BCUT2D eigenvalue weighted by molar-refractivity contribution is 0.0685. The monoisotopic (exact) mass is 216 g/mol. The van der Waals surface area contributed by atoms with Crippen molar-refractivity contribution in [2.45, 2.75) is 13.5 Å². The molecule has 1 heterocycles. The van der Waals surface area contributed by atoms with Gasteiger partial charge in [-0.2, -0.15) is 0 Å². The molecule has 0 fully saturated rings. The zero-order chi connectivity index (χ0) is 11.5. The van der Waals surface area contributed by atoms with Crippen molar-refractivity contribution in [1.29, 1.82) is 0 Å². The number of aryl methyl sites for hydroxylation is 1. The summed E-state index contributed by atoms with van der Waals surface area (Å²) in [5, 5.41) is 9.00. The molecule has 0 aliphatic carbocycles. The van der Waals surface area contributed by atoms with E-state index in [1.54, 1.807) is 11.5 Å². The van der Waals surface area contributed by atoms with E-state index < -0.39 is 5.97 Å². The molecule has 2 aromatic rings. The standard InChI is InChI=1S/C12H12N2O2/c1-9-13-7-11(12(15)16)14(9)8-10-5-3-2-4-6-10/h2-7H,8H2,1H3,(H,15,16). The van der Waals surface area contributed by atoms with Gasteiger partial charge in [-0.15, -0.1) is 0 Å². The van der Waals surface area contributed by atoms with Crippen LogP contribution in [0.3, 0.4) is 0 Å². The van der Waals surface area contributed by atoms with Gasteiger partial charge in [-0.05, 0) is 12.5 Å². The van der Waals surface area contributed by atoms with Gasteiger partial charge in [-0.25, -0.2) is 9.78 Å². The number of aromatic carboxylic acids is 1. The molecule has 4 heteroatoms. The van der Waals surface area contributed by atoms with Crippen LogP contribution in [0, 0.1) is 6.92 Å². The van der Waals surface area contributed by atoms with Gasteiger partial charge in [0.1, 0.15) is 11.5 Å². The molecule has 1 aromatic heterocycles. The first-order valence-corrected chi connectivity index (χ1v) is 4.98. The summed E-state index contributed by atoms with van der Waals surface area (Å²) in [5.41, 5.74) is 1.28. The molecular formula is C12H12N2O2. The number of rotatable bonds is 3. The molecule has 0 aliphatic rings. The zero-order valence-electron chi connectivity index (χ0n) is 8.92. The Kier molecular flexibility index (Phi) is 2.72. The number of imidazole rings is 1. The van der Waals surface area contributed by atoms with Gasteiger partial charge < -0.3 is 9.67 Å². The van der Waals surface area contributed by atoms with Crippen molar-refractivity contribution in [2.75, 3.05) is 0 Å². The minimum Gasteiger partial charge on any atom is -0.477 e. The van der Waals surface area contributed by atoms with E-state index in [4.69, 9.17) is 5.11 Å². The number of carboxylic acids is 1. The highest BCUT2D eigenvalue weighted by molar-refractivity contribution is 5.85. The van der Waals surface area contributed by atoms with Crippen LogP contribution in [0.15, 0.2) is 36.5 Å². The van der Waals surface area contributed by atoms with Crippen LogP contribution in [-0.4, -0.2) is 20.6 Å². The largest absolute Gasteiger partial charge is 0.477 e. The van der Waals surface area contributed by atoms with Crippen molar-refractivity contribution < 1.29 is 9.90 Å². The second-order valence-electron chi connectivity index (χ2n) is 3.57. The lowest BCUT2D eigenvalue weighted by Crippen LogP contribution is -2.10. The predicted octanol–water partition coefficient (Wildman–Crippen LogP) is 1.94. The Hall–Kier alpha value is -2.10. The van der Waals surface area contributed by atoms with Crippen molar-refractivity contribution in [3.8, 4) is 0 Å². The van der Waals surface area contributed by atoms with Crippen molar-refractivity contribution >= 4 is 5.97 Å². The Morgan fingerprint density at radius 2 is 2.06 bits per heavy atom. The minimum absolute atomic E-state index is 0.223. The molecule has 1 N–H and O–H groups in total. The van der Waals surface area contributed by atoms with Crippen LogP contribution >= 0.6 is 0 Å². The lowest BCUT2D eigenvalue weighted by Gasteiger charge is -2.07. The Bertz CT molecular complexity index is 503. The van der Waals surface area contributed by atoms with Gasteiger partial charge in [0.05, 0.1) is 6.20 Å². The summed E-state index contributed by atoms with van der Waals surface area (Å²) in [6.07, 6.45) is 1.39. The first kappa shape index (κ1) is 10.4. The molecule has 0 radical (unpaired) electrons. The minimum atomic E-state index is -0.948. The summed E-state index contributed by atoms with van der Waals surface area (Å²) in [5.74, 6) is -0.238. The summed E-state index contributed by atoms with van der Waals surface area (Å²) in [7, 11) is 0. The van der Waals surface area contributed by atoms with Crippen LogP contribution in [0.25, 0.3) is 0 Å². The van der Waals surface area contributed by atoms with Gasteiger partial charge in [0.2, 0.25) is 0 Å². The van der Waals surface area contributed by atoms with Crippen molar-refractivity contribution in [2.24, 2.45) is 0 Å². The summed E-state index contributed by atoms with van der Waals surface area (Å²) in [6, 6.07) is 9.72. The molecule has 0 amide bonds. The van der Waals surface area contributed by atoms with Gasteiger partial charge in [0.15, 0.2) is 0 Å². The maximum Gasteiger partial charge on any atom is 0.354 e. The number of carboxylic acid groups (broad SMARTS) is 1. The Morgan fingerprint density at radius 1 is 1.38 bits per heavy atom. The molecule has 0 atom stereocenters. The van der Waals surface area contributed by atoms with E-state index in [1.165, 1.54) is 6.20 Å². The van der Waals surface area contributed by atoms with Gasteiger partial charge in [0, 0.05) is 6.54 Å². The number of nitrogens with zero attached hydrogens (tertiary/aromatic N) is 2. The SMILES string of the molecule is Cc1ncc(C(=O)O)n1Cc1ccccc1. The molecular weight excluding hydrogens is 204 g/mol. The van der Waals surface area contributed by atoms with Crippen LogP contribution in [0.5, 0.6) is 0 Å². The molecule has 82 valence electrons. The average Bonchev–Trinajstić information content (AvgIpc) is 2.62. The molecule has 16 heavy (non-hydrogen) atoms. The fourth-order valence-corrected chi connectivity index (χ4v) is 1.60. The van der Waals surface area contributed by atoms with E-state index in [1.807, 2.05) is 30.3 Å². The number of hydrogen-bond donors (Lipinski definition) is 1. The number of benzene rings is 1. The van der Waals surface area contributed by atoms with E-state index in [0.717, 1.165) is 5.56 Å². The Morgan fingerprint density at radius 3 is 2.69 bits per heavy atom. The highest BCUT2D eigenvalue weighted by Crippen LogP contribution is 2.09. The zero-order valence-corrected chi connectivity index (χ0v) is 8.92. The second kappa shape index (κ2) is 4.18. The number of hydrogen-bond acceptors (Lipinski definition) is 2. The van der Waals surface area contributed by atoms with E-state index in [9.17, 15) is 4.79 Å². The van der Waals surface area contributed by atoms with E-state index >= 15 is 0 Å². The molecule has 4 nitrogen and oxygen atoms in total. The molecule has 0 saturated carbocycles. The van der Waals surface area contributed by atoms with Crippen LogP contribution < -0.4 is 0 Å². The van der Waals surface area contributed by atoms with Crippen molar-refractivity contribution in [3.05, 3.63) is 53.6 Å². The van der Waals surface area contributed by atoms with E-state index in [-0.39, 0.29) is 5.69 Å². The van der Waals surface area contributed by atoms with Crippen molar-refractivity contribution in [1.82, 2.24) is 9.55 Å². The second-order valence-corrected chi connectivity index (χ2v) is 3.57. The van der Waals surface area contributed by atoms with Crippen LogP contribution in [0.2, 0.25) is 0 Å². The summed E-state index contributed by atoms with van der Waals surface area (Å²) in [4.78, 5) is 15.0. The maximum atomic E-state index is 11.0. The van der Waals surface area contributed by atoms with Crippen molar-refractivity contribution in [3.63, 3.8) is 0 Å². The quantitative estimate of drug-likeness (QED) is 0.853. The number of carbonyl (C=O) groups is 1. The fourth-order valence-electron chi connectivity index (χ4n) is 1.60. The molecule has 1 aromatic carbocycles. The average molecular weight is 216 g/mol. The Balaban J connectivity index is 2.34.